The van der Waals surface area contributed by atoms with Crippen molar-refractivity contribution in [1.82, 2.24) is 15.0 Å². The summed E-state index contributed by atoms with van der Waals surface area (Å²) >= 11 is 0. The van der Waals surface area contributed by atoms with Crippen LogP contribution in [0.15, 0.2) is 34.9 Å². The van der Waals surface area contributed by atoms with Gasteiger partial charge in [0.25, 0.3) is 0 Å². The Labute approximate surface area is 154 Å². The summed E-state index contributed by atoms with van der Waals surface area (Å²) in [7, 11) is 1.63. The molecule has 1 aliphatic heterocycles. The van der Waals surface area contributed by atoms with Crippen LogP contribution in [0.1, 0.15) is 22.6 Å². The van der Waals surface area contributed by atoms with Crippen LogP contribution in [0, 0.1) is 13.8 Å². The number of carbonyl (C=O) groups excluding carboxylic acids is 1. The molecule has 0 saturated carbocycles. The molecule has 3 rings (SSSR count). The average Bonchev–Trinajstić information content (AvgIpc) is 2.99. The monoisotopic (exact) mass is 355 g/mol. The summed E-state index contributed by atoms with van der Waals surface area (Å²) in [5.41, 5.74) is 3.00. The second kappa shape index (κ2) is 8.19. The molecule has 1 fully saturated rings. The molecule has 138 valence electrons. The lowest BCUT2D eigenvalue weighted by Crippen LogP contribution is -2.47. The minimum atomic E-state index is 0.0351. The average molecular weight is 355 g/mol. The number of rotatable bonds is 5. The van der Waals surface area contributed by atoms with E-state index in [0.717, 1.165) is 61.1 Å². The highest BCUT2D eigenvalue weighted by atomic mass is 16.5. The van der Waals surface area contributed by atoms with Gasteiger partial charge in [-0.25, -0.2) is 0 Å². The Bertz CT molecular complexity index is 770. The minimum Gasteiger partial charge on any atom is -0.496 e. The first kappa shape index (κ1) is 18.2. The molecule has 0 aliphatic carbocycles. The van der Waals surface area contributed by atoms with Gasteiger partial charge in [-0.1, -0.05) is 23.4 Å². The van der Waals surface area contributed by atoms with Crippen LogP contribution < -0.4 is 4.74 Å². The fourth-order valence-corrected chi connectivity index (χ4v) is 3.15. The highest BCUT2D eigenvalue weighted by molar-refractivity contribution is 5.92. The molecule has 1 aromatic heterocycles. The first-order valence-corrected chi connectivity index (χ1v) is 8.82. The summed E-state index contributed by atoms with van der Waals surface area (Å²) in [6.45, 7) is 7.86. The van der Waals surface area contributed by atoms with Crippen LogP contribution in [0.25, 0.3) is 6.08 Å². The zero-order chi connectivity index (χ0) is 18.5. The van der Waals surface area contributed by atoms with E-state index in [4.69, 9.17) is 9.26 Å². The molecule has 0 atom stereocenters. The number of hydrogen-bond acceptors (Lipinski definition) is 5. The second-order valence-electron chi connectivity index (χ2n) is 6.48. The van der Waals surface area contributed by atoms with E-state index in [1.54, 1.807) is 13.2 Å². The standard InChI is InChI=1S/C20H25N3O3/c1-15-18(16(2)26-21-15)14-22-10-12-23(13-11-22)20(24)9-8-17-6-4-5-7-19(17)25-3/h4-9H,10-14H2,1-3H3. The molecule has 26 heavy (non-hydrogen) atoms. The van der Waals surface area contributed by atoms with Crippen molar-refractivity contribution in [2.75, 3.05) is 33.3 Å². The van der Waals surface area contributed by atoms with E-state index in [0.29, 0.717) is 0 Å². The van der Waals surface area contributed by atoms with E-state index in [1.165, 1.54) is 0 Å². The molecule has 0 radical (unpaired) electrons. The maximum absolute atomic E-state index is 12.5. The second-order valence-corrected chi connectivity index (χ2v) is 6.48. The van der Waals surface area contributed by atoms with Crippen LogP contribution >= 0.6 is 0 Å². The quantitative estimate of drug-likeness (QED) is 0.772. The minimum absolute atomic E-state index is 0.0351. The summed E-state index contributed by atoms with van der Waals surface area (Å²) < 4.78 is 10.5. The molecule has 6 heteroatoms. The zero-order valence-electron chi connectivity index (χ0n) is 15.6. The number of ether oxygens (including phenoxy) is 1. The molecule has 0 bridgehead atoms. The molecular weight excluding hydrogens is 330 g/mol. The van der Waals surface area contributed by atoms with Crippen molar-refractivity contribution in [2.45, 2.75) is 20.4 Å². The summed E-state index contributed by atoms with van der Waals surface area (Å²) in [5, 5.41) is 4.01. The van der Waals surface area contributed by atoms with Crippen LogP contribution in [-0.2, 0) is 11.3 Å². The van der Waals surface area contributed by atoms with Crippen molar-refractivity contribution >= 4 is 12.0 Å². The first-order valence-electron chi connectivity index (χ1n) is 8.82. The molecule has 1 aliphatic rings. The Balaban J connectivity index is 1.54. The van der Waals surface area contributed by atoms with Crippen molar-refractivity contribution in [2.24, 2.45) is 0 Å². The van der Waals surface area contributed by atoms with E-state index < -0.39 is 0 Å². The van der Waals surface area contributed by atoms with Gasteiger partial charge in [0.15, 0.2) is 0 Å². The van der Waals surface area contributed by atoms with Gasteiger partial charge in [-0.05, 0) is 26.0 Å². The number of methoxy groups -OCH3 is 1. The topological polar surface area (TPSA) is 58.8 Å². The van der Waals surface area contributed by atoms with Crippen LogP contribution in [0.4, 0.5) is 0 Å². The molecule has 0 unspecified atom stereocenters. The Hall–Kier alpha value is -2.60. The maximum atomic E-state index is 12.5. The van der Waals surface area contributed by atoms with Gasteiger partial charge in [0.1, 0.15) is 11.5 Å². The van der Waals surface area contributed by atoms with Gasteiger partial charge in [0.2, 0.25) is 5.91 Å². The number of benzene rings is 1. The lowest BCUT2D eigenvalue weighted by molar-refractivity contribution is -0.127. The van der Waals surface area contributed by atoms with Gasteiger partial charge < -0.3 is 14.2 Å². The highest BCUT2D eigenvalue weighted by Gasteiger charge is 2.21. The maximum Gasteiger partial charge on any atom is 0.246 e. The van der Waals surface area contributed by atoms with Gasteiger partial charge in [0.05, 0.1) is 12.8 Å². The van der Waals surface area contributed by atoms with E-state index in [-0.39, 0.29) is 5.91 Å². The smallest absolute Gasteiger partial charge is 0.246 e. The molecule has 0 spiro atoms. The van der Waals surface area contributed by atoms with Gasteiger partial charge >= 0.3 is 0 Å². The molecule has 1 saturated heterocycles. The number of aryl methyl sites for hydroxylation is 2. The molecule has 0 N–H and O–H groups in total. The van der Waals surface area contributed by atoms with Gasteiger partial charge in [0, 0.05) is 49.9 Å². The summed E-state index contributed by atoms with van der Waals surface area (Å²) in [6.07, 6.45) is 3.44. The summed E-state index contributed by atoms with van der Waals surface area (Å²) in [6, 6.07) is 7.66. The van der Waals surface area contributed by atoms with Crippen molar-refractivity contribution in [3.8, 4) is 5.75 Å². The van der Waals surface area contributed by atoms with Gasteiger partial charge in [-0.3, -0.25) is 9.69 Å². The molecule has 1 aromatic carbocycles. The van der Waals surface area contributed by atoms with E-state index in [2.05, 4.69) is 10.1 Å². The van der Waals surface area contributed by atoms with Crippen LogP contribution in [-0.4, -0.2) is 54.2 Å². The Kier molecular flexibility index (Phi) is 5.73. The Morgan fingerprint density at radius 1 is 1.23 bits per heavy atom. The van der Waals surface area contributed by atoms with Crippen molar-refractivity contribution in [3.63, 3.8) is 0 Å². The van der Waals surface area contributed by atoms with Crippen molar-refractivity contribution in [3.05, 3.63) is 52.9 Å². The fraction of sp³-hybridized carbons (Fsp3) is 0.400. The highest BCUT2D eigenvalue weighted by Crippen LogP contribution is 2.19. The third-order valence-corrected chi connectivity index (χ3v) is 4.79. The SMILES string of the molecule is COc1ccccc1C=CC(=O)N1CCN(Cc2c(C)noc2C)CC1. The molecule has 6 nitrogen and oxygen atoms in total. The number of carbonyl (C=O) groups is 1. The van der Waals surface area contributed by atoms with Crippen LogP contribution in [0.5, 0.6) is 5.75 Å². The summed E-state index contributed by atoms with van der Waals surface area (Å²) in [5.74, 6) is 1.68. The molecule has 2 heterocycles. The number of hydrogen-bond donors (Lipinski definition) is 0. The van der Waals surface area contributed by atoms with E-state index in [1.807, 2.05) is 49.1 Å². The lowest BCUT2D eigenvalue weighted by atomic mass is 10.1. The fourth-order valence-electron chi connectivity index (χ4n) is 3.15. The van der Waals surface area contributed by atoms with Crippen molar-refractivity contribution in [1.29, 1.82) is 0 Å². The molecule has 1 amide bonds. The third kappa shape index (κ3) is 4.14. The number of nitrogens with zero attached hydrogens (tertiary/aromatic N) is 3. The Morgan fingerprint density at radius 3 is 2.62 bits per heavy atom. The van der Waals surface area contributed by atoms with Crippen molar-refractivity contribution < 1.29 is 14.1 Å². The summed E-state index contributed by atoms with van der Waals surface area (Å²) in [4.78, 5) is 16.7. The lowest BCUT2D eigenvalue weighted by Gasteiger charge is -2.34. The van der Waals surface area contributed by atoms with Crippen LogP contribution in [0.2, 0.25) is 0 Å². The number of amides is 1. The van der Waals surface area contributed by atoms with Crippen LogP contribution in [0.3, 0.4) is 0 Å². The third-order valence-electron chi connectivity index (χ3n) is 4.79. The van der Waals surface area contributed by atoms with E-state index >= 15 is 0 Å². The van der Waals surface area contributed by atoms with Gasteiger partial charge in [-0.2, -0.15) is 0 Å². The first-order chi connectivity index (χ1) is 12.6. The Morgan fingerprint density at radius 2 is 1.96 bits per heavy atom. The van der Waals surface area contributed by atoms with E-state index in [9.17, 15) is 4.79 Å². The normalized spacial score (nSPS) is 15.6. The zero-order valence-corrected chi connectivity index (χ0v) is 15.6. The predicted octanol–water partition coefficient (Wildman–Crippen LogP) is 2.66. The number of piperazine rings is 1. The predicted molar refractivity (Wildman–Crippen MR) is 99.9 cm³/mol. The molecule has 2 aromatic rings. The number of aromatic nitrogens is 1. The largest absolute Gasteiger partial charge is 0.496 e. The molecular formula is C20H25N3O3. The van der Waals surface area contributed by atoms with Gasteiger partial charge in [-0.15, -0.1) is 0 Å². The number of para-hydroxylation sites is 1.